The van der Waals surface area contributed by atoms with Gasteiger partial charge < -0.3 is 15.8 Å². The van der Waals surface area contributed by atoms with Crippen LogP contribution < -0.4 is 15.8 Å². The number of rotatable bonds is 6. The van der Waals surface area contributed by atoms with Crippen molar-refractivity contribution in [3.8, 4) is 11.4 Å². The fourth-order valence-corrected chi connectivity index (χ4v) is 3.16. The van der Waals surface area contributed by atoms with Gasteiger partial charge in [-0.2, -0.15) is 0 Å². The second kappa shape index (κ2) is 7.96. The predicted molar refractivity (Wildman–Crippen MR) is 94.9 cm³/mol. The number of nitrogens with zero attached hydrogens (tertiary/aromatic N) is 4. The maximum Gasteiger partial charge on any atom is 0.231 e. The highest BCUT2D eigenvalue weighted by atomic mass is 16.5. The molecule has 9 nitrogen and oxygen atoms in total. The van der Waals surface area contributed by atoms with E-state index in [4.69, 9.17) is 10.5 Å². The molecule has 0 spiro atoms. The third-order valence-corrected chi connectivity index (χ3v) is 4.41. The maximum absolute atomic E-state index is 12.7. The molecule has 2 amide bonds. The van der Waals surface area contributed by atoms with Crippen molar-refractivity contribution in [1.29, 1.82) is 0 Å². The number of nitrogens with one attached hydrogen (secondary N) is 1. The quantitative estimate of drug-likeness (QED) is 0.773. The number of amides is 2. The largest absolute Gasteiger partial charge is 0.495 e. The molecule has 0 radical (unpaired) electrons. The van der Waals surface area contributed by atoms with E-state index in [2.05, 4.69) is 15.5 Å². The van der Waals surface area contributed by atoms with Crippen LogP contribution in [0.15, 0.2) is 30.9 Å². The molecule has 1 saturated heterocycles. The standard InChI is InChI=1S/C17H22N6O3/c1-26-15-5-4-13(23-10-19-20-11-23)7-14(15)21-17(25)12-3-2-6-22(8-12)9-16(18)24/h4-5,7,10-12H,2-3,6,8-9H2,1H3,(H2,18,24)(H,21,25). The zero-order valence-corrected chi connectivity index (χ0v) is 14.6. The minimum absolute atomic E-state index is 0.0987. The van der Waals surface area contributed by atoms with Crippen LogP contribution in [0, 0.1) is 5.92 Å². The van der Waals surface area contributed by atoms with Crippen molar-refractivity contribution < 1.29 is 14.3 Å². The lowest BCUT2D eigenvalue weighted by molar-refractivity contribution is -0.124. The van der Waals surface area contributed by atoms with Crippen LogP contribution in [0.5, 0.6) is 5.75 Å². The number of piperidine rings is 1. The Labute approximate surface area is 151 Å². The zero-order valence-electron chi connectivity index (χ0n) is 14.6. The van der Waals surface area contributed by atoms with Crippen LogP contribution in [-0.2, 0) is 9.59 Å². The molecule has 3 N–H and O–H groups in total. The van der Waals surface area contributed by atoms with E-state index in [-0.39, 0.29) is 24.3 Å². The number of anilines is 1. The number of methoxy groups -OCH3 is 1. The molecule has 1 unspecified atom stereocenters. The van der Waals surface area contributed by atoms with E-state index in [1.165, 1.54) is 0 Å². The summed E-state index contributed by atoms with van der Waals surface area (Å²) in [6.45, 7) is 1.47. The van der Waals surface area contributed by atoms with Gasteiger partial charge in [0.1, 0.15) is 18.4 Å². The Morgan fingerprint density at radius 3 is 2.81 bits per heavy atom. The van der Waals surface area contributed by atoms with Crippen LogP contribution in [0.4, 0.5) is 5.69 Å². The summed E-state index contributed by atoms with van der Waals surface area (Å²) in [4.78, 5) is 25.8. The van der Waals surface area contributed by atoms with Gasteiger partial charge in [0.15, 0.2) is 0 Å². The van der Waals surface area contributed by atoms with Crippen molar-refractivity contribution in [3.05, 3.63) is 30.9 Å². The highest BCUT2D eigenvalue weighted by Crippen LogP contribution is 2.28. The summed E-state index contributed by atoms with van der Waals surface area (Å²) < 4.78 is 7.09. The third-order valence-electron chi connectivity index (χ3n) is 4.41. The number of hydrogen-bond donors (Lipinski definition) is 2. The maximum atomic E-state index is 12.7. The molecule has 26 heavy (non-hydrogen) atoms. The first-order valence-electron chi connectivity index (χ1n) is 8.41. The lowest BCUT2D eigenvalue weighted by Gasteiger charge is -2.31. The lowest BCUT2D eigenvalue weighted by atomic mass is 9.97. The van der Waals surface area contributed by atoms with Gasteiger partial charge in [0.2, 0.25) is 11.8 Å². The van der Waals surface area contributed by atoms with Gasteiger partial charge in [-0.1, -0.05) is 0 Å². The molecule has 138 valence electrons. The molecule has 1 aliphatic heterocycles. The molecular weight excluding hydrogens is 336 g/mol. The van der Waals surface area contributed by atoms with Crippen LogP contribution in [0.25, 0.3) is 5.69 Å². The molecule has 2 heterocycles. The number of aromatic nitrogens is 3. The van der Waals surface area contributed by atoms with E-state index in [1.807, 2.05) is 17.0 Å². The van der Waals surface area contributed by atoms with Crippen LogP contribution in [0.2, 0.25) is 0 Å². The molecule has 0 bridgehead atoms. The van der Waals surface area contributed by atoms with E-state index in [9.17, 15) is 9.59 Å². The normalized spacial score (nSPS) is 17.7. The lowest BCUT2D eigenvalue weighted by Crippen LogP contribution is -2.44. The number of primary amides is 1. The van der Waals surface area contributed by atoms with Gasteiger partial charge in [-0.25, -0.2) is 0 Å². The first-order chi connectivity index (χ1) is 12.6. The van der Waals surface area contributed by atoms with Crippen LogP contribution in [-0.4, -0.2) is 58.2 Å². The number of benzene rings is 1. The highest BCUT2D eigenvalue weighted by molar-refractivity contribution is 5.94. The second-order valence-corrected chi connectivity index (χ2v) is 6.28. The van der Waals surface area contributed by atoms with Gasteiger partial charge in [-0.05, 0) is 37.6 Å². The number of carbonyl (C=O) groups excluding carboxylic acids is 2. The smallest absolute Gasteiger partial charge is 0.231 e. The topological polar surface area (TPSA) is 115 Å². The highest BCUT2D eigenvalue weighted by Gasteiger charge is 2.27. The van der Waals surface area contributed by atoms with Crippen LogP contribution in [0.1, 0.15) is 12.8 Å². The van der Waals surface area contributed by atoms with Gasteiger partial charge in [0.25, 0.3) is 0 Å². The SMILES string of the molecule is COc1ccc(-n2cnnc2)cc1NC(=O)C1CCCN(CC(N)=O)C1. The molecule has 2 aromatic rings. The minimum Gasteiger partial charge on any atom is -0.495 e. The molecule has 9 heteroatoms. The number of ether oxygens (including phenoxy) is 1. The molecule has 0 aliphatic carbocycles. The number of nitrogens with two attached hydrogens (primary N) is 1. The van der Waals surface area contributed by atoms with Crippen LogP contribution in [0.3, 0.4) is 0 Å². The first-order valence-corrected chi connectivity index (χ1v) is 8.41. The van der Waals surface area contributed by atoms with Crippen molar-refractivity contribution in [1.82, 2.24) is 19.7 Å². The van der Waals surface area contributed by atoms with E-state index in [0.717, 1.165) is 25.1 Å². The number of hydrogen-bond acceptors (Lipinski definition) is 6. The summed E-state index contributed by atoms with van der Waals surface area (Å²) in [5.41, 5.74) is 6.65. The Balaban J connectivity index is 1.73. The Kier molecular flexibility index (Phi) is 5.47. The van der Waals surface area contributed by atoms with Gasteiger partial charge in [0, 0.05) is 6.54 Å². The van der Waals surface area contributed by atoms with Gasteiger partial charge >= 0.3 is 0 Å². The Hall–Kier alpha value is -2.94. The molecule has 1 aromatic carbocycles. The summed E-state index contributed by atoms with van der Waals surface area (Å²) >= 11 is 0. The average Bonchev–Trinajstić information content (AvgIpc) is 3.16. The second-order valence-electron chi connectivity index (χ2n) is 6.28. The minimum atomic E-state index is -0.380. The van der Waals surface area contributed by atoms with Gasteiger partial charge in [0.05, 0.1) is 30.9 Å². The molecular formula is C17H22N6O3. The summed E-state index contributed by atoms with van der Waals surface area (Å²) in [6, 6.07) is 5.45. The van der Waals surface area contributed by atoms with E-state index < -0.39 is 0 Å². The average molecular weight is 358 g/mol. The molecule has 1 aliphatic rings. The fraction of sp³-hybridized carbons (Fsp3) is 0.412. The molecule has 0 saturated carbocycles. The molecule has 1 aromatic heterocycles. The fourth-order valence-electron chi connectivity index (χ4n) is 3.16. The van der Waals surface area contributed by atoms with Crippen LogP contribution >= 0.6 is 0 Å². The van der Waals surface area contributed by atoms with Gasteiger partial charge in [-0.15, -0.1) is 10.2 Å². The van der Waals surface area contributed by atoms with Crippen molar-refractivity contribution in [2.45, 2.75) is 12.8 Å². The van der Waals surface area contributed by atoms with E-state index >= 15 is 0 Å². The van der Waals surface area contributed by atoms with Crippen molar-refractivity contribution in [2.24, 2.45) is 11.7 Å². The van der Waals surface area contributed by atoms with Crippen molar-refractivity contribution in [3.63, 3.8) is 0 Å². The summed E-state index contributed by atoms with van der Waals surface area (Å²) in [7, 11) is 1.55. The summed E-state index contributed by atoms with van der Waals surface area (Å²) in [5, 5.41) is 10.5. The Bertz CT molecular complexity index is 777. The number of carbonyl (C=O) groups is 2. The van der Waals surface area contributed by atoms with Crippen molar-refractivity contribution >= 4 is 17.5 Å². The van der Waals surface area contributed by atoms with E-state index in [0.29, 0.717) is 18.0 Å². The molecule has 1 fully saturated rings. The van der Waals surface area contributed by atoms with E-state index in [1.54, 1.807) is 30.4 Å². The summed E-state index contributed by atoms with van der Waals surface area (Å²) in [5.74, 6) is -0.112. The number of likely N-dealkylation sites (tertiary alicyclic amines) is 1. The first kappa shape index (κ1) is 17.9. The van der Waals surface area contributed by atoms with Crippen molar-refractivity contribution in [2.75, 3.05) is 32.1 Å². The monoisotopic (exact) mass is 358 g/mol. The third kappa shape index (κ3) is 4.17. The molecule has 1 atom stereocenters. The van der Waals surface area contributed by atoms with Gasteiger partial charge in [-0.3, -0.25) is 19.1 Å². The Morgan fingerprint density at radius 1 is 1.35 bits per heavy atom. The Morgan fingerprint density at radius 2 is 2.12 bits per heavy atom. The zero-order chi connectivity index (χ0) is 18.5. The summed E-state index contributed by atoms with van der Waals surface area (Å²) in [6.07, 6.45) is 4.78. The molecule has 3 rings (SSSR count). The predicted octanol–water partition coefficient (Wildman–Crippen LogP) is 0.412.